The number of hydrogen-bond acceptors (Lipinski definition) is 8. The van der Waals surface area contributed by atoms with Crippen molar-refractivity contribution in [2.45, 2.75) is 28.9 Å². The summed E-state index contributed by atoms with van der Waals surface area (Å²) in [5.74, 6) is -0.122. The van der Waals surface area contributed by atoms with E-state index in [1.54, 1.807) is 53.9 Å². The van der Waals surface area contributed by atoms with E-state index >= 15 is 0 Å². The molecule has 1 unspecified atom stereocenters. The molecule has 172 valence electrons. The van der Waals surface area contributed by atoms with E-state index in [2.05, 4.69) is 15.3 Å². The quantitative estimate of drug-likeness (QED) is 0.307. The number of nitrogens with zero attached hydrogens (tertiary/aromatic N) is 3. The average molecular weight is 482 g/mol. The first-order chi connectivity index (χ1) is 14.8. The van der Waals surface area contributed by atoms with Crippen molar-refractivity contribution in [1.29, 1.82) is 0 Å². The molecule has 0 aliphatic carbocycles. The van der Waals surface area contributed by atoms with Gasteiger partial charge in [-0.15, -0.1) is 12.4 Å². The highest BCUT2D eigenvalue weighted by Gasteiger charge is 2.25. The molecule has 10 nitrogen and oxygen atoms in total. The fourth-order valence-electron chi connectivity index (χ4n) is 3.02. The zero-order valence-corrected chi connectivity index (χ0v) is 19.1. The van der Waals surface area contributed by atoms with Crippen LogP contribution in [0.1, 0.15) is 11.3 Å². The van der Waals surface area contributed by atoms with Crippen LogP contribution in [0, 0.1) is 0 Å². The van der Waals surface area contributed by atoms with Gasteiger partial charge in [0.2, 0.25) is 9.84 Å². The smallest absolute Gasteiger partial charge is 0.260 e. The Kier molecular flexibility index (Phi) is 8.72. The van der Waals surface area contributed by atoms with E-state index in [0.717, 1.165) is 0 Å². The Morgan fingerprint density at radius 2 is 1.94 bits per heavy atom. The summed E-state index contributed by atoms with van der Waals surface area (Å²) < 4.78 is 33.1. The molecule has 3 N–H and O–H groups in total. The summed E-state index contributed by atoms with van der Waals surface area (Å²) in [5, 5.41) is 11.9. The third kappa shape index (κ3) is 5.82. The van der Waals surface area contributed by atoms with E-state index in [9.17, 15) is 13.2 Å². The van der Waals surface area contributed by atoms with Crippen LogP contribution in [0.25, 0.3) is 0 Å². The fourth-order valence-corrected chi connectivity index (χ4v) is 4.42. The Hall–Kier alpha value is -2.99. The van der Waals surface area contributed by atoms with Crippen LogP contribution >= 0.6 is 12.4 Å². The molecular formula is C20H24ClN5O5S. The van der Waals surface area contributed by atoms with Crippen LogP contribution in [0.5, 0.6) is 5.75 Å². The topological polar surface area (TPSA) is 135 Å². The number of methoxy groups -OCH3 is 1. The second kappa shape index (κ2) is 11.0. The molecule has 0 saturated carbocycles. The highest BCUT2D eigenvalue weighted by atomic mass is 35.5. The van der Waals surface area contributed by atoms with Gasteiger partial charge in [-0.05, 0) is 30.3 Å². The van der Waals surface area contributed by atoms with E-state index in [1.165, 1.54) is 25.4 Å². The van der Waals surface area contributed by atoms with Crippen LogP contribution in [0.15, 0.2) is 65.0 Å². The molecule has 0 radical (unpaired) electrons. The van der Waals surface area contributed by atoms with Gasteiger partial charge in [0.25, 0.3) is 5.91 Å². The van der Waals surface area contributed by atoms with Gasteiger partial charge in [0.05, 0.1) is 30.1 Å². The molecule has 0 spiro atoms. The molecule has 2 heterocycles. The lowest BCUT2D eigenvalue weighted by Gasteiger charge is -2.17. The molecule has 0 aliphatic rings. The monoisotopic (exact) mass is 481 g/mol. The summed E-state index contributed by atoms with van der Waals surface area (Å²) in [7, 11) is -0.598. The number of aromatic nitrogens is 3. The van der Waals surface area contributed by atoms with Crippen molar-refractivity contribution in [3.8, 4) is 5.75 Å². The van der Waals surface area contributed by atoms with Crippen LogP contribution in [-0.2, 0) is 34.6 Å². The fraction of sp³-hybridized carbons (Fsp3) is 0.250. The van der Waals surface area contributed by atoms with E-state index in [-0.39, 0.29) is 35.3 Å². The summed E-state index contributed by atoms with van der Waals surface area (Å²) in [5.41, 5.74) is 2.65. The standard InChI is InChI=1S/C20H23N5O5S.ClH/c1-25-12-15(23-13-25)10-18(19(26)24-27)22-11-14-4-3-9-21-20(14)31(28,29)17-7-5-16(30-2)6-8-17;/h3-9,12-13,18,22,27H,10-11H2,1-2H3,(H,24,26);1H. The highest BCUT2D eigenvalue weighted by molar-refractivity contribution is 7.91. The minimum Gasteiger partial charge on any atom is -0.497 e. The van der Waals surface area contributed by atoms with Crippen molar-refractivity contribution >= 4 is 28.2 Å². The van der Waals surface area contributed by atoms with E-state index < -0.39 is 21.8 Å². The van der Waals surface area contributed by atoms with Crippen molar-refractivity contribution in [3.05, 3.63) is 66.4 Å². The Morgan fingerprint density at radius 3 is 2.53 bits per heavy atom. The molecule has 2 aromatic heterocycles. The van der Waals surface area contributed by atoms with Gasteiger partial charge in [0.15, 0.2) is 5.03 Å². The zero-order valence-electron chi connectivity index (χ0n) is 17.4. The maximum atomic E-state index is 13.1. The van der Waals surface area contributed by atoms with Gasteiger partial charge < -0.3 is 14.6 Å². The van der Waals surface area contributed by atoms with Gasteiger partial charge in [0.1, 0.15) is 5.75 Å². The average Bonchev–Trinajstić information content (AvgIpc) is 3.20. The van der Waals surface area contributed by atoms with Crippen LogP contribution in [0.4, 0.5) is 0 Å². The summed E-state index contributed by atoms with van der Waals surface area (Å²) in [6.45, 7) is 0.0312. The molecule has 32 heavy (non-hydrogen) atoms. The number of hydroxylamine groups is 1. The summed E-state index contributed by atoms with van der Waals surface area (Å²) in [6.07, 6.45) is 4.95. The summed E-state index contributed by atoms with van der Waals surface area (Å²) >= 11 is 0. The molecule has 3 aromatic rings. The molecule has 0 saturated heterocycles. The van der Waals surface area contributed by atoms with E-state index in [0.29, 0.717) is 17.0 Å². The number of halogens is 1. The lowest BCUT2D eigenvalue weighted by molar-refractivity contribution is -0.131. The molecule has 0 fully saturated rings. The Morgan fingerprint density at radius 1 is 1.22 bits per heavy atom. The first-order valence-corrected chi connectivity index (χ1v) is 10.8. The Labute approximate surface area is 191 Å². The minimum absolute atomic E-state index is 0. The van der Waals surface area contributed by atoms with Gasteiger partial charge in [-0.2, -0.15) is 0 Å². The second-order valence-electron chi connectivity index (χ2n) is 6.79. The van der Waals surface area contributed by atoms with Gasteiger partial charge >= 0.3 is 0 Å². The summed E-state index contributed by atoms with van der Waals surface area (Å²) in [4.78, 5) is 20.4. The van der Waals surface area contributed by atoms with E-state index in [4.69, 9.17) is 9.94 Å². The predicted octanol–water partition coefficient (Wildman–Crippen LogP) is 1.28. The maximum Gasteiger partial charge on any atom is 0.260 e. The SMILES string of the molecule is COc1ccc(S(=O)(=O)c2ncccc2CNC(Cc2cn(C)cn2)C(=O)NO)cc1.Cl. The van der Waals surface area contributed by atoms with Crippen molar-refractivity contribution in [2.24, 2.45) is 7.05 Å². The number of hydrogen-bond donors (Lipinski definition) is 3. The molecule has 0 aliphatic heterocycles. The van der Waals surface area contributed by atoms with Gasteiger partial charge in [-0.25, -0.2) is 23.9 Å². The van der Waals surface area contributed by atoms with Gasteiger partial charge in [-0.3, -0.25) is 10.0 Å². The van der Waals surface area contributed by atoms with Crippen molar-refractivity contribution in [2.75, 3.05) is 7.11 Å². The number of imidazole rings is 1. The summed E-state index contributed by atoms with van der Waals surface area (Å²) in [6, 6.07) is 8.41. The zero-order chi connectivity index (χ0) is 22.4. The third-order valence-electron chi connectivity index (χ3n) is 4.61. The molecule has 0 bridgehead atoms. The van der Waals surface area contributed by atoms with Crippen LogP contribution in [-0.4, -0.2) is 47.2 Å². The number of carbonyl (C=O) groups is 1. The molecule has 1 amide bonds. The number of sulfone groups is 1. The van der Waals surface area contributed by atoms with Crippen molar-refractivity contribution < 1.29 is 23.2 Å². The van der Waals surface area contributed by atoms with E-state index in [1.807, 2.05) is 0 Å². The number of pyridine rings is 1. The highest BCUT2D eigenvalue weighted by Crippen LogP contribution is 2.24. The molecule has 3 rings (SSSR count). The molecule has 1 atom stereocenters. The normalized spacial score (nSPS) is 12.0. The van der Waals surface area contributed by atoms with Crippen LogP contribution in [0.3, 0.4) is 0 Å². The largest absolute Gasteiger partial charge is 0.497 e. The predicted molar refractivity (Wildman–Crippen MR) is 117 cm³/mol. The first kappa shape index (κ1) is 25.3. The van der Waals surface area contributed by atoms with Gasteiger partial charge in [0, 0.05) is 38.0 Å². The van der Waals surface area contributed by atoms with Crippen LogP contribution in [0.2, 0.25) is 0 Å². The number of rotatable bonds is 9. The number of carbonyl (C=O) groups excluding carboxylic acids is 1. The first-order valence-electron chi connectivity index (χ1n) is 9.32. The molecule has 1 aromatic carbocycles. The Balaban J connectivity index is 0.00000363. The second-order valence-corrected chi connectivity index (χ2v) is 8.66. The number of ether oxygens (including phenoxy) is 1. The van der Waals surface area contributed by atoms with Gasteiger partial charge in [-0.1, -0.05) is 6.07 Å². The molecule has 12 heteroatoms. The van der Waals surface area contributed by atoms with Crippen LogP contribution < -0.4 is 15.5 Å². The third-order valence-corrected chi connectivity index (χ3v) is 6.38. The number of amides is 1. The lowest BCUT2D eigenvalue weighted by atomic mass is 10.1. The number of aryl methyl sites for hydroxylation is 1. The molecular weight excluding hydrogens is 458 g/mol. The number of nitrogens with one attached hydrogen (secondary N) is 2. The van der Waals surface area contributed by atoms with Crippen molar-refractivity contribution in [1.82, 2.24) is 25.3 Å². The maximum absolute atomic E-state index is 13.1. The minimum atomic E-state index is -3.90. The number of benzene rings is 1. The van der Waals surface area contributed by atoms with Crippen molar-refractivity contribution in [3.63, 3.8) is 0 Å². The Bertz CT molecular complexity index is 1150. The lowest BCUT2D eigenvalue weighted by Crippen LogP contribution is -2.44.